The zero-order valence-corrected chi connectivity index (χ0v) is 7.81. The summed E-state index contributed by atoms with van der Waals surface area (Å²) in [5.74, 6) is 0.0278. The highest BCUT2D eigenvalue weighted by atomic mass is 32.2. The molecule has 1 rings (SSSR count). The van der Waals surface area contributed by atoms with Crippen LogP contribution in [0.15, 0.2) is 0 Å². The van der Waals surface area contributed by atoms with Crippen molar-refractivity contribution in [1.29, 1.82) is 0 Å². The van der Waals surface area contributed by atoms with Crippen LogP contribution in [0.3, 0.4) is 0 Å². The van der Waals surface area contributed by atoms with Crippen molar-refractivity contribution in [3.8, 4) is 0 Å². The number of hydrogen-bond acceptors (Lipinski definition) is 4. The van der Waals surface area contributed by atoms with Crippen LogP contribution in [-0.4, -0.2) is 38.8 Å². The minimum atomic E-state index is -3.31. The van der Waals surface area contributed by atoms with Crippen molar-refractivity contribution in [1.82, 2.24) is 10.4 Å². The largest absolute Gasteiger partial charge is 0.255 e. The van der Waals surface area contributed by atoms with E-state index in [0.29, 0.717) is 6.54 Å². The Hall–Kier alpha value is -0.170. The van der Waals surface area contributed by atoms with Gasteiger partial charge in [-0.05, 0) is 12.8 Å². The van der Waals surface area contributed by atoms with E-state index in [1.807, 2.05) is 5.01 Å². The zero-order chi connectivity index (χ0) is 9.03. The van der Waals surface area contributed by atoms with Crippen molar-refractivity contribution >= 4 is 10.0 Å². The van der Waals surface area contributed by atoms with Crippen LogP contribution in [0.25, 0.3) is 0 Å². The summed E-state index contributed by atoms with van der Waals surface area (Å²) < 4.78 is 21.2. The Morgan fingerprint density at radius 1 is 1.42 bits per heavy atom. The van der Waals surface area contributed by atoms with Crippen LogP contribution in [0.4, 0.5) is 0 Å². The van der Waals surface area contributed by atoms with Crippen LogP contribution in [-0.2, 0) is 10.0 Å². The summed E-state index contributed by atoms with van der Waals surface area (Å²) in [6, 6.07) is 0. The lowest BCUT2D eigenvalue weighted by Crippen LogP contribution is -2.45. The first-order valence-electron chi connectivity index (χ1n) is 4.07. The highest BCUT2D eigenvalue weighted by Crippen LogP contribution is 1.98. The molecule has 1 heterocycles. The van der Waals surface area contributed by atoms with Gasteiger partial charge in [0.25, 0.3) is 0 Å². The standard InChI is InChI=1S/C6H15N3O2S/c7-12(10,11)6-5-9-4-2-1-3-8-9/h8H,1-6H2,(H2,7,10,11). The average Bonchev–Trinajstić information content (AvgIpc) is 2.02. The van der Waals surface area contributed by atoms with E-state index in [2.05, 4.69) is 5.43 Å². The Morgan fingerprint density at radius 3 is 2.67 bits per heavy atom. The molecule has 0 aliphatic carbocycles. The van der Waals surface area contributed by atoms with Crippen LogP contribution < -0.4 is 10.6 Å². The highest BCUT2D eigenvalue weighted by Gasteiger charge is 2.11. The second-order valence-corrected chi connectivity index (χ2v) is 4.70. The van der Waals surface area contributed by atoms with Crippen LogP contribution >= 0.6 is 0 Å². The Balaban J connectivity index is 2.22. The number of sulfonamides is 1. The second-order valence-electron chi connectivity index (χ2n) is 2.97. The van der Waals surface area contributed by atoms with Crippen molar-refractivity contribution in [2.24, 2.45) is 5.14 Å². The number of primary sulfonamides is 1. The van der Waals surface area contributed by atoms with Crippen molar-refractivity contribution in [2.45, 2.75) is 12.8 Å². The number of hydrogen-bond donors (Lipinski definition) is 2. The molecule has 0 amide bonds. The van der Waals surface area contributed by atoms with Crippen molar-refractivity contribution in [3.05, 3.63) is 0 Å². The summed E-state index contributed by atoms with van der Waals surface area (Å²) in [4.78, 5) is 0. The van der Waals surface area contributed by atoms with Gasteiger partial charge >= 0.3 is 0 Å². The third-order valence-corrected chi connectivity index (χ3v) is 2.59. The fourth-order valence-electron chi connectivity index (χ4n) is 1.17. The van der Waals surface area contributed by atoms with Gasteiger partial charge in [0.2, 0.25) is 10.0 Å². The third kappa shape index (κ3) is 4.01. The summed E-state index contributed by atoms with van der Waals surface area (Å²) >= 11 is 0. The maximum absolute atomic E-state index is 10.6. The van der Waals surface area contributed by atoms with Gasteiger partial charge in [-0.25, -0.2) is 18.6 Å². The minimum Gasteiger partial charge on any atom is -0.255 e. The van der Waals surface area contributed by atoms with E-state index in [4.69, 9.17) is 5.14 Å². The highest BCUT2D eigenvalue weighted by molar-refractivity contribution is 7.89. The second kappa shape index (κ2) is 4.18. The lowest BCUT2D eigenvalue weighted by atomic mass is 10.3. The molecule has 1 saturated heterocycles. The predicted molar refractivity (Wildman–Crippen MR) is 46.8 cm³/mol. The fourth-order valence-corrected chi connectivity index (χ4v) is 1.65. The molecule has 0 bridgehead atoms. The topological polar surface area (TPSA) is 75.4 Å². The predicted octanol–water partition coefficient (Wildman–Crippen LogP) is -1.12. The van der Waals surface area contributed by atoms with E-state index in [-0.39, 0.29) is 5.75 Å². The van der Waals surface area contributed by atoms with Gasteiger partial charge in [0, 0.05) is 19.6 Å². The first-order valence-corrected chi connectivity index (χ1v) is 5.78. The van der Waals surface area contributed by atoms with Gasteiger partial charge in [0.05, 0.1) is 5.75 Å². The molecule has 0 atom stereocenters. The third-order valence-electron chi connectivity index (χ3n) is 1.84. The summed E-state index contributed by atoms with van der Waals surface area (Å²) in [7, 11) is -3.31. The number of rotatable bonds is 3. The van der Waals surface area contributed by atoms with Gasteiger partial charge in [-0.3, -0.25) is 5.43 Å². The molecule has 5 nitrogen and oxygen atoms in total. The molecule has 1 aliphatic rings. The van der Waals surface area contributed by atoms with E-state index in [9.17, 15) is 8.42 Å². The van der Waals surface area contributed by atoms with Crippen molar-refractivity contribution in [2.75, 3.05) is 25.4 Å². The maximum Gasteiger partial charge on any atom is 0.210 e. The summed E-state index contributed by atoms with van der Waals surface area (Å²) in [6.07, 6.45) is 2.28. The number of nitrogens with one attached hydrogen (secondary N) is 1. The van der Waals surface area contributed by atoms with Crippen LogP contribution in [0, 0.1) is 0 Å². The fraction of sp³-hybridized carbons (Fsp3) is 1.00. The van der Waals surface area contributed by atoms with E-state index < -0.39 is 10.0 Å². The molecule has 0 radical (unpaired) electrons. The van der Waals surface area contributed by atoms with Crippen LogP contribution in [0.1, 0.15) is 12.8 Å². The molecule has 0 aromatic rings. The lowest BCUT2D eigenvalue weighted by molar-refractivity contribution is 0.163. The van der Waals surface area contributed by atoms with E-state index in [0.717, 1.165) is 25.9 Å². The van der Waals surface area contributed by atoms with Gasteiger partial charge < -0.3 is 0 Å². The molecule has 1 fully saturated rings. The van der Waals surface area contributed by atoms with Crippen LogP contribution in [0.5, 0.6) is 0 Å². The summed E-state index contributed by atoms with van der Waals surface area (Å²) in [5, 5.41) is 6.78. The van der Waals surface area contributed by atoms with Gasteiger partial charge in [0.15, 0.2) is 0 Å². The molecule has 6 heteroatoms. The molecule has 0 spiro atoms. The Labute approximate surface area is 72.9 Å². The van der Waals surface area contributed by atoms with E-state index in [1.54, 1.807) is 0 Å². The molecule has 1 aliphatic heterocycles. The number of hydrazine groups is 1. The maximum atomic E-state index is 10.6. The average molecular weight is 193 g/mol. The molecule has 0 aromatic carbocycles. The number of nitrogens with zero attached hydrogens (tertiary/aromatic N) is 1. The van der Waals surface area contributed by atoms with Crippen molar-refractivity contribution in [3.63, 3.8) is 0 Å². The Morgan fingerprint density at radius 2 is 2.17 bits per heavy atom. The van der Waals surface area contributed by atoms with E-state index in [1.165, 1.54) is 0 Å². The van der Waals surface area contributed by atoms with Gasteiger partial charge in [-0.2, -0.15) is 0 Å². The molecular weight excluding hydrogens is 178 g/mol. The quantitative estimate of drug-likeness (QED) is 0.595. The summed E-state index contributed by atoms with van der Waals surface area (Å²) in [6.45, 7) is 2.33. The van der Waals surface area contributed by atoms with Crippen molar-refractivity contribution < 1.29 is 8.42 Å². The van der Waals surface area contributed by atoms with Gasteiger partial charge in [-0.15, -0.1) is 0 Å². The smallest absolute Gasteiger partial charge is 0.210 e. The minimum absolute atomic E-state index is 0.0278. The summed E-state index contributed by atoms with van der Waals surface area (Å²) in [5.41, 5.74) is 3.10. The molecule has 12 heavy (non-hydrogen) atoms. The molecule has 0 aromatic heterocycles. The van der Waals surface area contributed by atoms with E-state index >= 15 is 0 Å². The molecule has 3 N–H and O–H groups in total. The SMILES string of the molecule is NS(=O)(=O)CCN1CCCCN1. The lowest BCUT2D eigenvalue weighted by Gasteiger charge is -2.26. The molecule has 0 saturated carbocycles. The normalized spacial score (nSPS) is 21.1. The molecule has 0 unspecified atom stereocenters. The zero-order valence-electron chi connectivity index (χ0n) is 6.99. The molecular formula is C6H15N3O2S. The first-order chi connectivity index (χ1) is 5.58. The van der Waals surface area contributed by atoms with Gasteiger partial charge in [-0.1, -0.05) is 0 Å². The van der Waals surface area contributed by atoms with Crippen LogP contribution in [0.2, 0.25) is 0 Å². The number of nitrogens with two attached hydrogens (primary N) is 1. The Bertz CT molecular complexity index is 221. The first kappa shape index (κ1) is 9.91. The van der Waals surface area contributed by atoms with Gasteiger partial charge in [0.1, 0.15) is 0 Å². The monoisotopic (exact) mass is 193 g/mol. The molecule has 72 valence electrons. The Kier molecular flexibility index (Phi) is 3.45.